The number of hydrogen-bond donors (Lipinski definition) is 5. The third-order valence-corrected chi connectivity index (χ3v) is 11.6. The predicted molar refractivity (Wildman–Crippen MR) is 239 cm³/mol. The van der Waals surface area contributed by atoms with Crippen LogP contribution >= 0.6 is 11.3 Å². The predicted octanol–water partition coefficient (Wildman–Crippen LogP) is 6.12. The van der Waals surface area contributed by atoms with Gasteiger partial charge >= 0.3 is 12.1 Å². The van der Waals surface area contributed by atoms with E-state index < -0.39 is 53.0 Å². The zero-order valence-corrected chi connectivity index (χ0v) is 37.6. The summed E-state index contributed by atoms with van der Waals surface area (Å²) in [6, 6.07) is 21.3. The van der Waals surface area contributed by atoms with Crippen LogP contribution in [0, 0.1) is 17.8 Å². The van der Waals surface area contributed by atoms with E-state index in [1.165, 1.54) is 16.3 Å². The summed E-state index contributed by atoms with van der Waals surface area (Å²) >= 11 is 1.41. The molecule has 5 aromatic rings. The van der Waals surface area contributed by atoms with Gasteiger partial charge < -0.3 is 35.2 Å². The number of aromatic nitrogens is 3. The molecule has 0 saturated carbocycles. The number of thiazole rings is 1. The standard InChI is InChI=1S/C46H57N9O7S/c1-29-23-36(52-62-29)42-48-33(28-63-42)26-53-21-22-55(44(53)61)39(46(5,6)7)41(58)49-35(24-30-13-9-8-10-14-30)37(56)27-54(51-40(57)38(45(2,3)4)50-43(59)60)25-31-16-18-32(19-17-31)34-15-11-12-20-47-34/h8-20,23,28,35,37-39,50,56H,21-22,24-27H2,1-7H3,(H,49,58)(H,51,57)(H,59,60)/t35-,37-,38+,39+/m0/s1. The molecule has 1 fully saturated rings. The highest BCUT2D eigenvalue weighted by Gasteiger charge is 2.44. The Morgan fingerprint density at radius 1 is 0.889 bits per heavy atom. The molecule has 17 heteroatoms. The van der Waals surface area contributed by atoms with Crippen LogP contribution < -0.4 is 16.1 Å². The van der Waals surface area contributed by atoms with Crippen molar-refractivity contribution >= 4 is 35.3 Å². The summed E-state index contributed by atoms with van der Waals surface area (Å²) in [6.45, 7) is 13.7. The normalized spacial score (nSPS) is 15.2. The second-order valence-corrected chi connectivity index (χ2v) is 18.9. The minimum absolute atomic E-state index is 0.128. The highest BCUT2D eigenvalue weighted by Crippen LogP contribution is 2.30. The smallest absolute Gasteiger partial charge is 0.405 e. The molecule has 5 amide bonds. The van der Waals surface area contributed by atoms with Crippen molar-refractivity contribution in [2.75, 3.05) is 19.6 Å². The van der Waals surface area contributed by atoms with E-state index in [1.807, 2.05) is 106 Å². The fourth-order valence-corrected chi connectivity index (χ4v) is 8.38. The van der Waals surface area contributed by atoms with Crippen molar-refractivity contribution in [3.63, 3.8) is 0 Å². The summed E-state index contributed by atoms with van der Waals surface area (Å²) in [7, 11) is 0. The highest BCUT2D eigenvalue weighted by molar-refractivity contribution is 7.13. The second kappa shape index (κ2) is 19.9. The van der Waals surface area contributed by atoms with E-state index in [9.17, 15) is 29.4 Å². The van der Waals surface area contributed by atoms with E-state index >= 15 is 0 Å². The number of carbonyl (C=O) groups excluding carboxylic acids is 3. The number of urea groups is 1. The van der Waals surface area contributed by atoms with Gasteiger partial charge in [-0.05, 0) is 47.4 Å². The number of aliphatic hydroxyl groups is 1. The van der Waals surface area contributed by atoms with Crippen molar-refractivity contribution < 1.29 is 33.9 Å². The molecule has 0 unspecified atom stereocenters. The van der Waals surface area contributed by atoms with Gasteiger partial charge in [0.1, 0.15) is 28.5 Å². The third-order valence-electron chi connectivity index (χ3n) is 10.7. The van der Waals surface area contributed by atoms with Crippen LogP contribution in [0.15, 0.2) is 95.0 Å². The Labute approximate surface area is 371 Å². The summed E-state index contributed by atoms with van der Waals surface area (Å²) in [5.41, 5.74) is 6.00. The van der Waals surface area contributed by atoms with E-state index in [0.717, 1.165) is 22.4 Å². The van der Waals surface area contributed by atoms with E-state index in [-0.39, 0.29) is 32.1 Å². The van der Waals surface area contributed by atoms with E-state index in [4.69, 9.17) is 4.52 Å². The molecule has 63 heavy (non-hydrogen) atoms. The summed E-state index contributed by atoms with van der Waals surface area (Å²) in [5, 5.41) is 35.4. The number of hydrogen-bond acceptors (Lipinski definition) is 11. The van der Waals surface area contributed by atoms with Crippen LogP contribution in [0.25, 0.3) is 22.0 Å². The quantitative estimate of drug-likeness (QED) is 0.0673. The van der Waals surface area contributed by atoms with Crippen LogP contribution in [-0.4, -0.2) is 108 Å². The molecule has 2 aromatic carbocycles. The number of amides is 5. The van der Waals surface area contributed by atoms with Crippen LogP contribution in [0.4, 0.5) is 9.59 Å². The first-order chi connectivity index (χ1) is 29.8. The number of pyridine rings is 1. The summed E-state index contributed by atoms with van der Waals surface area (Å²) in [4.78, 5) is 66.8. The average Bonchev–Trinajstić information content (AvgIpc) is 3.97. The Morgan fingerprint density at radius 3 is 2.22 bits per heavy atom. The Hall–Kier alpha value is -6.17. The molecule has 1 aliphatic heterocycles. The molecule has 4 atom stereocenters. The van der Waals surface area contributed by atoms with Crippen molar-refractivity contribution in [1.82, 2.24) is 46.0 Å². The van der Waals surface area contributed by atoms with Crippen molar-refractivity contribution in [1.29, 1.82) is 0 Å². The number of aryl methyl sites for hydroxylation is 1. The van der Waals surface area contributed by atoms with Crippen LogP contribution in [0.3, 0.4) is 0 Å². The van der Waals surface area contributed by atoms with Crippen molar-refractivity contribution in [3.8, 4) is 22.0 Å². The summed E-state index contributed by atoms with van der Waals surface area (Å²) in [6.07, 6.45) is -0.669. The maximum Gasteiger partial charge on any atom is 0.405 e. The zero-order valence-electron chi connectivity index (χ0n) is 36.7. The van der Waals surface area contributed by atoms with Crippen LogP contribution in [0.1, 0.15) is 64.1 Å². The minimum Gasteiger partial charge on any atom is -0.465 e. The van der Waals surface area contributed by atoms with Crippen LogP contribution in [-0.2, 0) is 29.1 Å². The van der Waals surface area contributed by atoms with E-state index in [1.54, 1.807) is 42.8 Å². The molecule has 3 aromatic heterocycles. The lowest BCUT2D eigenvalue weighted by Crippen LogP contribution is -2.61. The third kappa shape index (κ3) is 12.3. The molecule has 4 heterocycles. The Balaban J connectivity index is 1.23. The highest BCUT2D eigenvalue weighted by atomic mass is 32.1. The molecule has 1 aliphatic rings. The number of carboxylic acid groups (broad SMARTS) is 1. The van der Waals surface area contributed by atoms with Gasteiger partial charge in [0.2, 0.25) is 5.91 Å². The SMILES string of the molecule is Cc1cc(-c2nc(CN3CCN([C@H](C(=O)N[C@@H](Cc4ccccc4)[C@@H](O)CN(Cc4ccc(-c5ccccn5)cc4)NC(=O)[C@@H](NC(=O)O)C(C)(C)C)C(C)(C)C)C3=O)cs2)no1. The maximum absolute atomic E-state index is 14.6. The Morgan fingerprint density at radius 2 is 1.60 bits per heavy atom. The Kier molecular flexibility index (Phi) is 14.6. The van der Waals surface area contributed by atoms with Crippen LogP contribution in [0.5, 0.6) is 0 Å². The number of nitrogens with one attached hydrogen (secondary N) is 3. The van der Waals surface area contributed by atoms with Crippen molar-refractivity contribution in [2.24, 2.45) is 10.8 Å². The first-order valence-corrected chi connectivity index (χ1v) is 21.7. The largest absolute Gasteiger partial charge is 0.465 e. The molecule has 0 aliphatic carbocycles. The molecule has 1 saturated heterocycles. The first-order valence-electron chi connectivity index (χ1n) is 20.9. The van der Waals surface area contributed by atoms with E-state index in [2.05, 4.69) is 31.2 Å². The molecule has 0 spiro atoms. The molecule has 0 bridgehead atoms. The molecule has 334 valence electrons. The number of aliphatic hydroxyl groups excluding tert-OH is 1. The lowest BCUT2D eigenvalue weighted by Gasteiger charge is -2.38. The van der Waals surface area contributed by atoms with Gasteiger partial charge in [0.25, 0.3) is 5.91 Å². The van der Waals surface area contributed by atoms with Crippen molar-refractivity contribution in [2.45, 2.75) is 92.2 Å². The monoisotopic (exact) mass is 879 g/mol. The fraction of sp³-hybridized carbons (Fsp3) is 0.413. The second-order valence-electron chi connectivity index (χ2n) is 18.0. The molecule has 6 rings (SSSR count). The Bertz CT molecular complexity index is 2330. The topological polar surface area (TPSA) is 206 Å². The first kappa shape index (κ1) is 46.3. The molecule has 16 nitrogen and oxygen atoms in total. The van der Waals surface area contributed by atoms with Gasteiger partial charge in [0.15, 0.2) is 0 Å². The molecular weight excluding hydrogens is 823 g/mol. The summed E-state index contributed by atoms with van der Waals surface area (Å²) in [5.74, 6) is -0.379. The maximum atomic E-state index is 14.6. The van der Waals surface area contributed by atoms with Gasteiger partial charge in [-0.3, -0.25) is 20.0 Å². The molecular formula is C46H57N9O7S. The van der Waals surface area contributed by atoms with Gasteiger partial charge in [0.05, 0.1) is 30.1 Å². The van der Waals surface area contributed by atoms with Crippen molar-refractivity contribution in [3.05, 3.63) is 113 Å². The lowest BCUT2D eigenvalue weighted by molar-refractivity contribution is -0.133. The van der Waals surface area contributed by atoms with E-state index in [0.29, 0.717) is 35.2 Å². The number of benzene rings is 2. The van der Waals surface area contributed by atoms with Gasteiger partial charge in [-0.25, -0.2) is 19.6 Å². The zero-order chi connectivity index (χ0) is 45.5. The lowest BCUT2D eigenvalue weighted by atomic mass is 9.84. The number of hydrazine groups is 1. The van der Waals surface area contributed by atoms with Crippen LogP contribution in [0.2, 0.25) is 0 Å². The molecule has 0 radical (unpaired) electrons. The number of nitrogens with zero attached hydrogens (tertiary/aromatic N) is 6. The van der Waals surface area contributed by atoms with Gasteiger partial charge in [-0.1, -0.05) is 107 Å². The minimum atomic E-state index is -1.35. The van der Waals surface area contributed by atoms with Gasteiger partial charge in [-0.15, -0.1) is 11.3 Å². The average molecular weight is 880 g/mol. The number of carbonyl (C=O) groups is 4. The summed E-state index contributed by atoms with van der Waals surface area (Å²) < 4.78 is 5.20. The number of rotatable bonds is 17. The fourth-order valence-electron chi connectivity index (χ4n) is 7.62. The molecule has 5 N–H and O–H groups in total. The van der Waals surface area contributed by atoms with Gasteiger partial charge in [-0.2, -0.15) is 0 Å². The van der Waals surface area contributed by atoms with Gasteiger partial charge in [0, 0.05) is 49.4 Å².